The van der Waals surface area contributed by atoms with E-state index in [-0.39, 0.29) is 24.0 Å². The summed E-state index contributed by atoms with van der Waals surface area (Å²) >= 11 is 0. The third-order valence-corrected chi connectivity index (χ3v) is 4.33. The minimum absolute atomic E-state index is 0. The molecule has 2 saturated heterocycles. The third-order valence-electron chi connectivity index (χ3n) is 4.33. The Morgan fingerprint density at radius 2 is 2.26 bits per heavy atom. The van der Waals surface area contributed by atoms with Crippen molar-refractivity contribution in [3.8, 4) is 5.75 Å². The maximum absolute atomic E-state index is 5.90. The van der Waals surface area contributed by atoms with Crippen LogP contribution in [0, 0.1) is 0 Å². The molecule has 3 atom stereocenters. The van der Waals surface area contributed by atoms with Crippen LogP contribution < -0.4 is 15.4 Å². The van der Waals surface area contributed by atoms with Crippen LogP contribution in [0.1, 0.15) is 31.7 Å². The fourth-order valence-corrected chi connectivity index (χ4v) is 3.23. The number of benzene rings is 1. The Balaban J connectivity index is 0.00000192. The molecule has 2 aliphatic rings. The minimum atomic E-state index is 0. The number of ether oxygens (including phenoxy) is 2. The van der Waals surface area contributed by atoms with Crippen LogP contribution in [0.4, 0.5) is 0 Å². The summed E-state index contributed by atoms with van der Waals surface area (Å²) in [7, 11) is 1.68. The summed E-state index contributed by atoms with van der Waals surface area (Å²) in [5.74, 6) is 1.73. The highest BCUT2D eigenvalue weighted by Gasteiger charge is 2.41. The molecule has 0 radical (unpaired) electrons. The Labute approximate surface area is 155 Å². The van der Waals surface area contributed by atoms with Crippen molar-refractivity contribution in [1.82, 2.24) is 10.6 Å². The molecule has 3 unspecified atom stereocenters. The quantitative estimate of drug-likeness (QED) is 0.428. The summed E-state index contributed by atoms with van der Waals surface area (Å²) in [4.78, 5) is 4.69. The maximum atomic E-state index is 5.90. The van der Waals surface area contributed by atoms with Crippen LogP contribution in [-0.4, -0.2) is 37.9 Å². The van der Waals surface area contributed by atoms with E-state index in [0.717, 1.165) is 36.7 Å². The molecule has 128 valence electrons. The number of nitrogens with zero attached hydrogens (tertiary/aromatic N) is 1. The number of fused-ring (bicyclic) bond motifs is 2. The monoisotopic (exact) mass is 431 g/mol. The first kappa shape index (κ1) is 18.3. The molecule has 1 aromatic rings. The topological polar surface area (TPSA) is 54.9 Å². The second-order valence-corrected chi connectivity index (χ2v) is 5.91. The summed E-state index contributed by atoms with van der Waals surface area (Å²) in [6, 6.07) is 8.42. The summed E-state index contributed by atoms with van der Waals surface area (Å²) in [5, 5.41) is 6.85. The zero-order valence-electron chi connectivity index (χ0n) is 13.7. The van der Waals surface area contributed by atoms with Gasteiger partial charge in [0.2, 0.25) is 0 Å². The molecule has 2 aliphatic heterocycles. The lowest BCUT2D eigenvalue weighted by Gasteiger charge is -2.22. The van der Waals surface area contributed by atoms with Crippen LogP contribution >= 0.6 is 24.0 Å². The Kier molecular flexibility index (Phi) is 6.95. The fourth-order valence-electron chi connectivity index (χ4n) is 3.23. The first-order chi connectivity index (χ1) is 10.8. The number of nitrogens with one attached hydrogen (secondary N) is 2. The molecule has 0 saturated carbocycles. The van der Waals surface area contributed by atoms with Gasteiger partial charge in [0, 0.05) is 6.54 Å². The molecule has 0 spiro atoms. The van der Waals surface area contributed by atoms with E-state index >= 15 is 0 Å². The molecule has 23 heavy (non-hydrogen) atoms. The molecule has 6 heteroatoms. The normalized spacial score (nSPS) is 25.8. The summed E-state index contributed by atoms with van der Waals surface area (Å²) in [5.41, 5.74) is 1.14. The molecular formula is C17H26IN3O2. The number of halogens is 1. The average Bonchev–Trinajstić information content (AvgIpc) is 3.16. The molecule has 2 bridgehead atoms. The lowest BCUT2D eigenvalue weighted by molar-refractivity contribution is 0.0992. The third kappa shape index (κ3) is 4.73. The molecular weight excluding hydrogens is 405 g/mol. The van der Waals surface area contributed by atoms with Gasteiger partial charge in [-0.2, -0.15) is 0 Å². The fraction of sp³-hybridized carbons (Fsp3) is 0.588. The van der Waals surface area contributed by atoms with Crippen molar-refractivity contribution in [2.24, 2.45) is 4.99 Å². The molecule has 2 N–H and O–H groups in total. The Morgan fingerprint density at radius 3 is 2.91 bits per heavy atom. The van der Waals surface area contributed by atoms with Gasteiger partial charge < -0.3 is 20.1 Å². The van der Waals surface area contributed by atoms with E-state index in [0.29, 0.717) is 24.8 Å². The second kappa shape index (κ2) is 8.73. The van der Waals surface area contributed by atoms with Crippen molar-refractivity contribution in [2.75, 3.05) is 13.7 Å². The Bertz CT molecular complexity index is 538. The van der Waals surface area contributed by atoms with Gasteiger partial charge >= 0.3 is 0 Å². The van der Waals surface area contributed by atoms with Crippen molar-refractivity contribution < 1.29 is 9.47 Å². The summed E-state index contributed by atoms with van der Waals surface area (Å²) in [6.45, 7) is 3.57. The van der Waals surface area contributed by atoms with Gasteiger partial charge in [-0.05, 0) is 43.9 Å². The molecule has 0 amide bonds. The van der Waals surface area contributed by atoms with E-state index < -0.39 is 0 Å². The number of guanidine groups is 1. The predicted molar refractivity (Wildman–Crippen MR) is 103 cm³/mol. The Hall–Kier alpha value is -1.02. The molecule has 2 heterocycles. The first-order valence-corrected chi connectivity index (χ1v) is 8.11. The van der Waals surface area contributed by atoms with Crippen molar-refractivity contribution >= 4 is 29.9 Å². The van der Waals surface area contributed by atoms with Gasteiger partial charge in [-0.15, -0.1) is 24.0 Å². The van der Waals surface area contributed by atoms with Gasteiger partial charge in [0.05, 0.1) is 31.9 Å². The lowest BCUT2D eigenvalue weighted by Crippen LogP contribution is -2.47. The number of aliphatic imine (C=N–C) groups is 1. The summed E-state index contributed by atoms with van der Waals surface area (Å²) < 4.78 is 11.1. The van der Waals surface area contributed by atoms with E-state index in [2.05, 4.69) is 28.6 Å². The largest absolute Gasteiger partial charge is 0.497 e. The number of hydrogen-bond donors (Lipinski definition) is 2. The minimum Gasteiger partial charge on any atom is -0.497 e. The lowest BCUT2D eigenvalue weighted by atomic mass is 9.96. The standard InChI is InChI=1S/C17H25N3O2.HI/c1-3-18-17(20-15-10-14-7-8-16(15)22-14)19-11-12-5-4-6-13(9-12)21-2;/h4-6,9,14-16H,3,7-8,10-11H2,1-2H3,(H2,18,19,20);1H. The van der Waals surface area contributed by atoms with Crippen LogP contribution in [-0.2, 0) is 11.3 Å². The van der Waals surface area contributed by atoms with Gasteiger partial charge in [-0.3, -0.25) is 0 Å². The number of hydrogen-bond acceptors (Lipinski definition) is 3. The van der Waals surface area contributed by atoms with Gasteiger partial charge in [0.25, 0.3) is 0 Å². The molecule has 0 aromatic heterocycles. The highest BCUT2D eigenvalue weighted by atomic mass is 127. The SMILES string of the molecule is CCNC(=NCc1cccc(OC)c1)NC1CC2CCC1O2.I. The van der Waals surface area contributed by atoms with E-state index in [1.54, 1.807) is 7.11 Å². The van der Waals surface area contributed by atoms with Crippen molar-refractivity contribution in [3.05, 3.63) is 29.8 Å². The second-order valence-electron chi connectivity index (χ2n) is 5.91. The van der Waals surface area contributed by atoms with E-state index in [4.69, 9.17) is 9.47 Å². The van der Waals surface area contributed by atoms with E-state index in [1.807, 2.05) is 18.2 Å². The zero-order chi connectivity index (χ0) is 15.4. The summed E-state index contributed by atoms with van der Waals surface area (Å²) in [6.07, 6.45) is 4.26. The molecule has 0 aliphatic carbocycles. The van der Waals surface area contributed by atoms with Crippen LogP contribution in [0.15, 0.2) is 29.3 Å². The molecule has 3 rings (SSSR count). The van der Waals surface area contributed by atoms with Gasteiger partial charge in [-0.25, -0.2) is 4.99 Å². The van der Waals surface area contributed by atoms with Crippen LogP contribution in [0.5, 0.6) is 5.75 Å². The van der Waals surface area contributed by atoms with Gasteiger partial charge in [0.15, 0.2) is 5.96 Å². The van der Waals surface area contributed by atoms with Crippen molar-refractivity contribution in [2.45, 2.75) is 51.0 Å². The highest BCUT2D eigenvalue weighted by molar-refractivity contribution is 14.0. The van der Waals surface area contributed by atoms with Crippen molar-refractivity contribution in [3.63, 3.8) is 0 Å². The average molecular weight is 431 g/mol. The number of rotatable bonds is 5. The molecule has 1 aromatic carbocycles. The van der Waals surface area contributed by atoms with Crippen LogP contribution in [0.3, 0.4) is 0 Å². The van der Waals surface area contributed by atoms with Crippen LogP contribution in [0.2, 0.25) is 0 Å². The maximum Gasteiger partial charge on any atom is 0.191 e. The Morgan fingerprint density at radius 1 is 1.39 bits per heavy atom. The first-order valence-electron chi connectivity index (χ1n) is 8.11. The molecule has 2 fully saturated rings. The highest BCUT2D eigenvalue weighted by Crippen LogP contribution is 2.34. The van der Waals surface area contributed by atoms with Gasteiger partial charge in [-0.1, -0.05) is 12.1 Å². The molecule has 5 nitrogen and oxygen atoms in total. The smallest absolute Gasteiger partial charge is 0.191 e. The van der Waals surface area contributed by atoms with Crippen LogP contribution in [0.25, 0.3) is 0 Å². The predicted octanol–water partition coefficient (Wildman–Crippen LogP) is 2.69. The zero-order valence-corrected chi connectivity index (χ0v) is 16.1. The number of methoxy groups -OCH3 is 1. The van der Waals surface area contributed by atoms with E-state index in [1.165, 1.54) is 6.42 Å². The van der Waals surface area contributed by atoms with Crippen molar-refractivity contribution in [1.29, 1.82) is 0 Å². The van der Waals surface area contributed by atoms with E-state index in [9.17, 15) is 0 Å². The van der Waals surface area contributed by atoms with Gasteiger partial charge in [0.1, 0.15) is 5.75 Å².